The summed E-state index contributed by atoms with van der Waals surface area (Å²) < 4.78 is 10.3. The molecule has 3 heteroatoms. The summed E-state index contributed by atoms with van der Waals surface area (Å²) in [4.78, 5) is 4.23. The smallest absolute Gasteiger partial charge is 0.188 e. The Morgan fingerprint density at radius 2 is 2.14 bits per heavy atom. The Morgan fingerprint density at radius 1 is 1.21 bits per heavy atom. The minimum atomic E-state index is 0.258. The zero-order valence-corrected chi connectivity index (χ0v) is 7.93. The summed E-state index contributed by atoms with van der Waals surface area (Å²) in [6, 6.07) is 9.65. The third-order valence-electron chi connectivity index (χ3n) is 1.94. The van der Waals surface area contributed by atoms with Crippen molar-refractivity contribution < 1.29 is 9.47 Å². The molecule has 0 saturated carbocycles. The van der Waals surface area contributed by atoms with Gasteiger partial charge < -0.3 is 9.47 Å². The van der Waals surface area contributed by atoms with Crippen molar-refractivity contribution in [2.24, 2.45) is 0 Å². The van der Waals surface area contributed by atoms with E-state index in [1.807, 2.05) is 30.3 Å². The highest BCUT2D eigenvalue weighted by atomic mass is 16.7. The van der Waals surface area contributed by atoms with E-state index < -0.39 is 0 Å². The van der Waals surface area contributed by atoms with Crippen molar-refractivity contribution in [1.29, 1.82) is 0 Å². The summed E-state index contributed by atoms with van der Waals surface area (Å²) in [7, 11) is 1.60. The molecule has 72 valence electrons. The van der Waals surface area contributed by atoms with Crippen molar-refractivity contribution in [2.75, 3.05) is 13.9 Å². The molecular formula is C11H11NO2. The Bertz CT molecular complexity index is 423. The molecule has 0 fully saturated rings. The monoisotopic (exact) mass is 189 g/mol. The van der Waals surface area contributed by atoms with Crippen molar-refractivity contribution in [2.45, 2.75) is 0 Å². The maximum absolute atomic E-state index is 5.41. The van der Waals surface area contributed by atoms with Crippen LogP contribution in [0.15, 0.2) is 36.5 Å². The summed E-state index contributed by atoms with van der Waals surface area (Å²) in [5.41, 5.74) is 0.932. The third-order valence-corrected chi connectivity index (χ3v) is 1.94. The van der Waals surface area contributed by atoms with Crippen LogP contribution in [0, 0.1) is 0 Å². The average molecular weight is 189 g/mol. The average Bonchev–Trinajstić information content (AvgIpc) is 2.26. The van der Waals surface area contributed by atoms with E-state index in [4.69, 9.17) is 9.47 Å². The Morgan fingerprint density at radius 3 is 3.00 bits per heavy atom. The molecule has 0 aliphatic heterocycles. The molecule has 1 aromatic carbocycles. The number of methoxy groups -OCH3 is 1. The lowest BCUT2D eigenvalue weighted by atomic mass is 10.2. The molecule has 2 rings (SSSR count). The highest BCUT2D eigenvalue weighted by molar-refractivity contribution is 5.84. The molecule has 1 heterocycles. The molecule has 0 bridgehead atoms. The first-order valence-corrected chi connectivity index (χ1v) is 4.37. The van der Waals surface area contributed by atoms with Gasteiger partial charge in [0.05, 0.1) is 5.52 Å². The summed E-state index contributed by atoms with van der Waals surface area (Å²) in [6.45, 7) is 0.258. The van der Waals surface area contributed by atoms with Crippen LogP contribution in [0.1, 0.15) is 0 Å². The number of nitrogens with zero attached hydrogens (tertiary/aromatic N) is 1. The highest BCUT2D eigenvalue weighted by Gasteiger charge is 2.00. The second-order valence-electron chi connectivity index (χ2n) is 2.88. The largest absolute Gasteiger partial charge is 0.467 e. The van der Waals surface area contributed by atoms with E-state index in [2.05, 4.69) is 4.98 Å². The van der Waals surface area contributed by atoms with Crippen molar-refractivity contribution in [3.05, 3.63) is 36.5 Å². The summed E-state index contributed by atoms with van der Waals surface area (Å²) in [6.07, 6.45) is 1.77. The normalized spacial score (nSPS) is 10.4. The highest BCUT2D eigenvalue weighted by Crippen LogP contribution is 2.23. The lowest BCUT2D eigenvalue weighted by Gasteiger charge is -2.06. The molecule has 0 N–H and O–H groups in total. The van der Waals surface area contributed by atoms with Gasteiger partial charge in [0.2, 0.25) is 0 Å². The Balaban J connectivity index is 2.43. The van der Waals surface area contributed by atoms with E-state index in [1.54, 1.807) is 13.3 Å². The molecule has 0 atom stereocenters. The molecule has 0 saturated heterocycles. The molecule has 0 unspecified atom stereocenters. The van der Waals surface area contributed by atoms with E-state index in [1.165, 1.54) is 0 Å². The number of ether oxygens (including phenoxy) is 2. The zero-order valence-electron chi connectivity index (χ0n) is 7.93. The maximum atomic E-state index is 5.41. The standard InChI is InChI=1S/C11H11NO2/c1-13-8-14-11-6-2-5-10-9(11)4-3-7-12-10/h2-7H,8H2,1H3. The van der Waals surface area contributed by atoms with Crippen LogP contribution in [0.25, 0.3) is 10.9 Å². The Labute approximate surface area is 82.3 Å². The predicted octanol–water partition coefficient (Wildman–Crippen LogP) is 2.22. The fourth-order valence-corrected chi connectivity index (χ4v) is 1.32. The van der Waals surface area contributed by atoms with Crippen molar-refractivity contribution in [3.63, 3.8) is 0 Å². The second-order valence-corrected chi connectivity index (χ2v) is 2.88. The molecule has 0 aliphatic carbocycles. The lowest BCUT2D eigenvalue weighted by Crippen LogP contribution is -1.99. The van der Waals surface area contributed by atoms with Gasteiger partial charge in [-0.3, -0.25) is 4.98 Å². The first-order valence-electron chi connectivity index (χ1n) is 4.37. The quantitative estimate of drug-likeness (QED) is 0.694. The fraction of sp³-hybridized carbons (Fsp3) is 0.182. The van der Waals surface area contributed by atoms with Crippen molar-refractivity contribution in [3.8, 4) is 5.75 Å². The summed E-state index contributed by atoms with van der Waals surface area (Å²) in [5, 5.41) is 1.01. The lowest BCUT2D eigenvalue weighted by molar-refractivity contribution is 0.0522. The van der Waals surface area contributed by atoms with Crippen molar-refractivity contribution >= 4 is 10.9 Å². The van der Waals surface area contributed by atoms with Gasteiger partial charge in [-0.2, -0.15) is 0 Å². The van der Waals surface area contributed by atoms with Crippen LogP contribution in [0.3, 0.4) is 0 Å². The van der Waals surface area contributed by atoms with Crippen LogP contribution >= 0.6 is 0 Å². The first-order chi connectivity index (χ1) is 6.92. The van der Waals surface area contributed by atoms with Gasteiger partial charge in [0.15, 0.2) is 6.79 Å². The topological polar surface area (TPSA) is 31.4 Å². The molecule has 3 nitrogen and oxygen atoms in total. The van der Waals surface area contributed by atoms with Crippen LogP contribution in [0.4, 0.5) is 0 Å². The Hall–Kier alpha value is -1.61. The minimum absolute atomic E-state index is 0.258. The SMILES string of the molecule is COCOc1cccc2ncccc12. The third kappa shape index (κ3) is 1.67. The van der Waals surface area contributed by atoms with Gasteiger partial charge in [-0.15, -0.1) is 0 Å². The second kappa shape index (κ2) is 4.07. The number of aromatic nitrogens is 1. The fourth-order valence-electron chi connectivity index (χ4n) is 1.32. The van der Waals surface area contributed by atoms with Crippen LogP contribution < -0.4 is 4.74 Å². The maximum Gasteiger partial charge on any atom is 0.188 e. The van der Waals surface area contributed by atoms with E-state index in [9.17, 15) is 0 Å². The number of pyridine rings is 1. The van der Waals surface area contributed by atoms with Gasteiger partial charge in [0.25, 0.3) is 0 Å². The number of hydrogen-bond donors (Lipinski definition) is 0. The summed E-state index contributed by atoms with van der Waals surface area (Å²) >= 11 is 0. The van der Waals surface area contributed by atoms with Gasteiger partial charge in [-0.05, 0) is 24.3 Å². The molecule has 0 amide bonds. The van der Waals surface area contributed by atoms with Gasteiger partial charge in [-0.1, -0.05) is 6.07 Å². The number of benzene rings is 1. The Kier molecular flexibility index (Phi) is 2.60. The van der Waals surface area contributed by atoms with Gasteiger partial charge in [0.1, 0.15) is 5.75 Å². The molecule has 14 heavy (non-hydrogen) atoms. The van der Waals surface area contributed by atoms with E-state index in [0.717, 1.165) is 16.7 Å². The van der Waals surface area contributed by atoms with E-state index in [0.29, 0.717) is 0 Å². The number of rotatable bonds is 3. The van der Waals surface area contributed by atoms with Gasteiger partial charge in [0, 0.05) is 18.7 Å². The number of hydrogen-bond acceptors (Lipinski definition) is 3. The van der Waals surface area contributed by atoms with Crippen LogP contribution in [-0.2, 0) is 4.74 Å². The zero-order chi connectivity index (χ0) is 9.80. The molecule has 2 aromatic rings. The first kappa shape index (κ1) is 8.97. The van der Waals surface area contributed by atoms with E-state index in [-0.39, 0.29) is 6.79 Å². The van der Waals surface area contributed by atoms with E-state index >= 15 is 0 Å². The minimum Gasteiger partial charge on any atom is -0.467 e. The van der Waals surface area contributed by atoms with Crippen LogP contribution in [-0.4, -0.2) is 18.9 Å². The van der Waals surface area contributed by atoms with Gasteiger partial charge in [-0.25, -0.2) is 0 Å². The van der Waals surface area contributed by atoms with Gasteiger partial charge >= 0.3 is 0 Å². The molecule has 0 radical (unpaired) electrons. The van der Waals surface area contributed by atoms with Crippen LogP contribution in [0.2, 0.25) is 0 Å². The molecule has 0 spiro atoms. The number of fused-ring (bicyclic) bond motifs is 1. The van der Waals surface area contributed by atoms with Crippen LogP contribution in [0.5, 0.6) is 5.75 Å². The molecule has 0 aliphatic rings. The molecule has 1 aromatic heterocycles. The molecular weight excluding hydrogens is 178 g/mol. The predicted molar refractivity (Wildman–Crippen MR) is 54.2 cm³/mol. The summed E-state index contributed by atoms with van der Waals surface area (Å²) in [5.74, 6) is 0.803. The van der Waals surface area contributed by atoms with Crippen molar-refractivity contribution in [1.82, 2.24) is 4.98 Å².